The Kier molecular flexibility index (Phi) is 9.11. The summed E-state index contributed by atoms with van der Waals surface area (Å²) in [5.74, 6) is 2.79. The van der Waals surface area contributed by atoms with Gasteiger partial charge in [-0.15, -0.1) is 0 Å². The standard InChI is InChI=1S/C42H49N7O3/c1-6-25-17-36(48(4)23-25)39-43-22-35(45-39)31-14-13-29-18-28(11-12-30(29)19-31)26-7-9-27(10-8-26)34-21-44-40(46-34)38-32-15-16-33(20-32)49(38)41(50)37(24(2)3)47-42(51)52-5/h7-14,18-19,21-22,24-25,32-33,36-38H,6,15-17,20,23H2,1-5H3,(H,43,45)(H,44,46)(H,47,51). The second-order valence-electron chi connectivity index (χ2n) is 15.5. The minimum atomic E-state index is -0.657. The number of hydrogen-bond donors (Lipinski definition) is 3. The van der Waals surface area contributed by atoms with E-state index in [0.29, 0.717) is 12.0 Å². The Labute approximate surface area is 305 Å². The number of piperidine rings is 1. The monoisotopic (exact) mass is 699 g/mol. The van der Waals surface area contributed by atoms with Gasteiger partial charge in [-0.1, -0.05) is 75.7 Å². The van der Waals surface area contributed by atoms with Crippen molar-refractivity contribution in [1.82, 2.24) is 35.1 Å². The van der Waals surface area contributed by atoms with E-state index in [1.54, 1.807) is 0 Å². The lowest BCUT2D eigenvalue weighted by molar-refractivity contribution is -0.139. The maximum absolute atomic E-state index is 13.9. The van der Waals surface area contributed by atoms with Crippen LogP contribution in [0.15, 0.2) is 73.1 Å². The zero-order valence-electron chi connectivity index (χ0n) is 30.7. The second-order valence-corrected chi connectivity index (χ2v) is 15.5. The Morgan fingerprint density at radius 3 is 2.19 bits per heavy atom. The van der Waals surface area contributed by atoms with Crippen LogP contribution in [0.1, 0.15) is 76.6 Å². The number of ether oxygens (including phenoxy) is 1. The minimum absolute atomic E-state index is 0.0700. The predicted octanol–water partition coefficient (Wildman–Crippen LogP) is 8.12. The summed E-state index contributed by atoms with van der Waals surface area (Å²) in [4.78, 5) is 47.2. The molecule has 0 radical (unpaired) electrons. The Morgan fingerprint density at radius 2 is 1.50 bits per heavy atom. The highest BCUT2D eigenvalue weighted by Crippen LogP contribution is 2.50. The number of amides is 2. The van der Waals surface area contributed by atoms with E-state index in [0.717, 1.165) is 83.4 Å². The van der Waals surface area contributed by atoms with E-state index in [-0.39, 0.29) is 23.9 Å². The Bertz CT molecular complexity index is 2080. The van der Waals surface area contributed by atoms with Gasteiger partial charge in [-0.3, -0.25) is 9.69 Å². The molecule has 270 valence electrons. The summed E-state index contributed by atoms with van der Waals surface area (Å²) in [5.41, 5.74) is 6.46. The van der Waals surface area contributed by atoms with Crippen LogP contribution >= 0.6 is 0 Å². The average molecular weight is 700 g/mol. The van der Waals surface area contributed by atoms with Crippen LogP contribution in [0.25, 0.3) is 44.4 Å². The fourth-order valence-corrected chi connectivity index (χ4v) is 8.96. The van der Waals surface area contributed by atoms with Crippen molar-refractivity contribution >= 4 is 22.8 Å². The highest BCUT2D eigenvalue weighted by Gasteiger charge is 2.51. The molecule has 2 aliphatic heterocycles. The number of aromatic amines is 2. The van der Waals surface area contributed by atoms with E-state index in [9.17, 15) is 9.59 Å². The molecule has 3 aromatic carbocycles. The number of nitrogens with one attached hydrogen (secondary N) is 3. The van der Waals surface area contributed by atoms with Gasteiger partial charge in [-0.05, 0) is 90.1 Å². The summed E-state index contributed by atoms with van der Waals surface area (Å²) < 4.78 is 4.82. The second kappa shape index (κ2) is 13.9. The molecule has 8 rings (SSSR count). The predicted molar refractivity (Wildman–Crippen MR) is 203 cm³/mol. The van der Waals surface area contributed by atoms with Crippen molar-refractivity contribution < 1.29 is 14.3 Å². The zero-order valence-corrected chi connectivity index (χ0v) is 30.7. The average Bonchev–Trinajstić information content (AvgIpc) is 4.02. The number of aromatic nitrogens is 4. The first-order chi connectivity index (χ1) is 25.2. The molecule has 2 saturated heterocycles. The third-order valence-corrected chi connectivity index (χ3v) is 11.9. The normalized spacial score (nSPS) is 23.5. The van der Waals surface area contributed by atoms with Gasteiger partial charge < -0.3 is 24.9 Å². The molecule has 1 aliphatic carbocycles. The number of carbonyl (C=O) groups excluding carboxylic acids is 2. The molecule has 2 bridgehead atoms. The number of fused-ring (bicyclic) bond motifs is 3. The van der Waals surface area contributed by atoms with E-state index in [1.165, 1.54) is 24.3 Å². The third kappa shape index (κ3) is 6.27. The molecule has 3 N–H and O–H groups in total. The van der Waals surface area contributed by atoms with Crippen molar-refractivity contribution in [1.29, 1.82) is 0 Å². The molecular weight excluding hydrogens is 651 g/mol. The summed E-state index contributed by atoms with van der Waals surface area (Å²) in [6.07, 6.45) is 8.62. The summed E-state index contributed by atoms with van der Waals surface area (Å²) in [6.45, 7) is 7.29. The van der Waals surface area contributed by atoms with Crippen LogP contribution in [-0.2, 0) is 9.53 Å². The molecule has 0 spiro atoms. The lowest BCUT2D eigenvalue weighted by atomic mass is 9.95. The summed E-state index contributed by atoms with van der Waals surface area (Å²) in [5, 5.41) is 5.15. The maximum Gasteiger partial charge on any atom is 0.407 e. The molecule has 1 saturated carbocycles. The lowest BCUT2D eigenvalue weighted by Crippen LogP contribution is -2.54. The largest absolute Gasteiger partial charge is 0.453 e. The number of H-pyrrole nitrogens is 2. The summed E-state index contributed by atoms with van der Waals surface area (Å²) in [7, 11) is 3.52. The number of nitrogens with zero attached hydrogens (tertiary/aromatic N) is 4. The molecule has 4 heterocycles. The first-order valence-corrected chi connectivity index (χ1v) is 18.8. The smallest absolute Gasteiger partial charge is 0.407 e. The Morgan fingerprint density at radius 1 is 0.865 bits per heavy atom. The number of carbonyl (C=O) groups is 2. The molecule has 10 heteroatoms. The van der Waals surface area contributed by atoms with Crippen LogP contribution < -0.4 is 5.32 Å². The molecule has 10 nitrogen and oxygen atoms in total. The molecule has 3 aliphatic rings. The first-order valence-electron chi connectivity index (χ1n) is 18.8. The van der Waals surface area contributed by atoms with Crippen molar-refractivity contribution in [2.45, 2.75) is 77.0 Å². The lowest BCUT2D eigenvalue weighted by Gasteiger charge is -2.37. The number of imidazole rings is 2. The molecule has 2 amide bonds. The SMILES string of the molecule is CCC1CC(c2ncc(-c3ccc4cc(-c5ccc(-c6cnc(C7C8CCC(C8)N7C(=O)C(NC(=O)OC)C(C)C)[nH]6)cc5)ccc4c3)[nH]2)N(C)C1. The van der Waals surface area contributed by atoms with Gasteiger partial charge in [0.2, 0.25) is 5.91 Å². The minimum Gasteiger partial charge on any atom is -0.453 e. The maximum atomic E-state index is 13.9. The molecular formula is C42H49N7O3. The van der Waals surface area contributed by atoms with Crippen molar-refractivity contribution in [3.63, 3.8) is 0 Å². The number of benzene rings is 3. The first kappa shape index (κ1) is 34.1. The topological polar surface area (TPSA) is 119 Å². The van der Waals surface area contributed by atoms with Crippen molar-refractivity contribution in [2.24, 2.45) is 17.8 Å². The molecule has 3 fully saturated rings. The van der Waals surface area contributed by atoms with Gasteiger partial charge in [0.25, 0.3) is 0 Å². The van der Waals surface area contributed by atoms with Gasteiger partial charge in [-0.25, -0.2) is 14.8 Å². The van der Waals surface area contributed by atoms with E-state index in [1.807, 2.05) is 31.1 Å². The van der Waals surface area contributed by atoms with E-state index >= 15 is 0 Å². The van der Waals surface area contributed by atoms with E-state index < -0.39 is 12.1 Å². The van der Waals surface area contributed by atoms with E-state index in [4.69, 9.17) is 14.7 Å². The highest BCUT2D eigenvalue weighted by atomic mass is 16.5. The van der Waals surface area contributed by atoms with Gasteiger partial charge in [0.1, 0.15) is 17.7 Å². The zero-order chi connectivity index (χ0) is 36.1. The number of rotatable bonds is 9. The van der Waals surface area contributed by atoms with Crippen molar-refractivity contribution in [3.8, 4) is 33.6 Å². The van der Waals surface area contributed by atoms with Crippen LogP contribution in [0.5, 0.6) is 0 Å². The van der Waals surface area contributed by atoms with Crippen LogP contribution in [0.3, 0.4) is 0 Å². The number of hydrogen-bond acceptors (Lipinski definition) is 6. The van der Waals surface area contributed by atoms with E-state index in [2.05, 4.69) is 94.8 Å². The van der Waals surface area contributed by atoms with Gasteiger partial charge in [-0.2, -0.15) is 0 Å². The Hall–Kier alpha value is -4.96. The quantitative estimate of drug-likeness (QED) is 0.143. The molecule has 6 atom stereocenters. The van der Waals surface area contributed by atoms with Crippen molar-refractivity contribution in [2.75, 3.05) is 20.7 Å². The van der Waals surface area contributed by atoms with Crippen molar-refractivity contribution in [3.05, 3.63) is 84.7 Å². The fraction of sp³-hybridized carbons (Fsp3) is 0.429. The molecule has 52 heavy (non-hydrogen) atoms. The Balaban J connectivity index is 0.976. The van der Waals surface area contributed by atoms with Gasteiger partial charge in [0.05, 0.1) is 43.0 Å². The summed E-state index contributed by atoms with van der Waals surface area (Å²) >= 11 is 0. The van der Waals surface area contributed by atoms with Gasteiger partial charge in [0, 0.05) is 18.2 Å². The number of methoxy groups -OCH3 is 1. The number of likely N-dealkylation sites (tertiary alicyclic amines) is 2. The molecule has 6 unspecified atom stereocenters. The van der Waals surface area contributed by atoms with Crippen LogP contribution in [0.2, 0.25) is 0 Å². The van der Waals surface area contributed by atoms with Crippen LogP contribution in [0, 0.1) is 17.8 Å². The van der Waals surface area contributed by atoms with Crippen LogP contribution in [0.4, 0.5) is 4.79 Å². The highest BCUT2D eigenvalue weighted by molar-refractivity contribution is 5.91. The summed E-state index contributed by atoms with van der Waals surface area (Å²) in [6, 6.07) is 21.5. The van der Waals surface area contributed by atoms with Gasteiger partial charge >= 0.3 is 6.09 Å². The van der Waals surface area contributed by atoms with Crippen LogP contribution in [-0.4, -0.2) is 74.5 Å². The molecule has 2 aromatic heterocycles. The third-order valence-electron chi connectivity index (χ3n) is 11.9. The molecule has 5 aromatic rings. The van der Waals surface area contributed by atoms with Gasteiger partial charge in [0.15, 0.2) is 0 Å². The number of alkyl carbamates (subject to hydrolysis) is 1. The fourth-order valence-electron chi connectivity index (χ4n) is 8.96.